The molecule has 0 unspecified atom stereocenters. The molecule has 0 aromatic heterocycles. The monoisotopic (exact) mass is 372 g/mol. The highest BCUT2D eigenvalue weighted by molar-refractivity contribution is 7.92. The van der Waals surface area contributed by atoms with Crippen LogP contribution in [-0.4, -0.2) is 48.9 Å². The van der Waals surface area contributed by atoms with Crippen LogP contribution in [0, 0.1) is 0 Å². The normalized spacial score (nSPS) is 19.8. The van der Waals surface area contributed by atoms with Crippen LogP contribution in [0.1, 0.15) is 18.9 Å². The molecule has 1 aliphatic heterocycles. The summed E-state index contributed by atoms with van der Waals surface area (Å²) in [6, 6.07) is 4.64. The lowest BCUT2D eigenvalue weighted by Crippen LogP contribution is -2.45. The van der Waals surface area contributed by atoms with Gasteiger partial charge in [-0.05, 0) is 37.1 Å². The lowest BCUT2D eigenvalue weighted by molar-refractivity contribution is -0.147. The summed E-state index contributed by atoms with van der Waals surface area (Å²) in [5, 5.41) is 10.5. The highest BCUT2D eigenvalue weighted by Gasteiger charge is 2.38. The van der Waals surface area contributed by atoms with E-state index in [0.717, 1.165) is 10.3 Å². The molecule has 2 N–H and O–H groups in total. The molecule has 0 bridgehead atoms. The van der Waals surface area contributed by atoms with Crippen molar-refractivity contribution in [2.24, 2.45) is 0 Å². The van der Waals surface area contributed by atoms with E-state index in [2.05, 4.69) is 4.72 Å². The molecule has 9 heteroatoms. The summed E-state index contributed by atoms with van der Waals surface area (Å²) in [6.07, 6.45) is 1.61. The maximum atomic E-state index is 12.1. The second-order valence-electron chi connectivity index (χ2n) is 5.40. The predicted octanol–water partition coefficient (Wildman–Crippen LogP) is 1.30. The maximum Gasteiger partial charge on any atom is 0.326 e. The highest BCUT2D eigenvalue weighted by Crippen LogP contribution is 2.16. The van der Waals surface area contributed by atoms with Crippen molar-refractivity contribution in [3.05, 3.63) is 40.3 Å². The van der Waals surface area contributed by atoms with Crippen molar-refractivity contribution in [2.45, 2.75) is 25.4 Å². The molecule has 24 heavy (non-hydrogen) atoms. The van der Waals surface area contributed by atoms with E-state index in [9.17, 15) is 18.0 Å². The summed E-state index contributed by atoms with van der Waals surface area (Å²) in [7, 11) is -3.83. The molecule has 0 spiro atoms. The minimum Gasteiger partial charge on any atom is -0.480 e. The van der Waals surface area contributed by atoms with Gasteiger partial charge in [-0.3, -0.25) is 4.79 Å². The first kappa shape index (κ1) is 18.4. The number of hydrogen-bond donors (Lipinski definition) is 2. The van der Waals surface area contributed by atoms with Gasteiger partial charge in [-0.25, -0.2) is 13.2 Å². The summed E-state index contributed by atoms with van der Waals surface area (Å²) in [4.78, 5) is 24.2. The third-order valence-electron chi connectivity index (χ3n) is 3.68. The Bertz CT molecular complexity index is 761. The number of halogens is 1. The number of likely N-dealkylation sites (tertiary alicyclic amines) is 1. The van der Waals surface area contributed by atoms with Gasteiger partial charge in [0.05, 0.1) is 0 Å². The van der Waals surface area contributed by atoms with Crippen molar-refractivity contribution < 1.29 is 23.1 Å². The van der Waals surface area contributed by atoms with Crippen LogP contribution in [0.2, 0.25) is 5.02 Å². The van der Waals surface area contributed by atoms with Crippen molar-refractivity contribution in [1.29, 1.82) is 0 Å². The molecular formula is C15H17ClN2O5S. The van der Waals surface area contributed by atoms with Crippen LogP contribution in [0.15, 0.2) is 29.7 Å². The molecule has 1 amide bonds. The molecule has 0 aliphatic carbocycles. The number of rotatable bonds is 6. The third kappa shape index (κ3) is 4.56. The van der Waals surface area contributed by atoms with E-state index in [1.54, 1.807) is 24.3 Å². The molecule has 1 aromatic rings. The molecule has 1 heterocycles. The molecular weight excluding hydrogens is 356 g/mol. The number of carboxylic acids is 1. The van der Waals surface area contributed by atoms with Gasteiger partial charge in [0.25, 0.3) is 0 Å². The first-order chi connectivity index (χ1) is 11.2. The molecule has 2 rings (SSSR count). The van der Waals surface area contributed by atoms with Gasteiger partial charge in [-0.1, -0.05) is 23.7 Å². The van der Waals surface area contributed by atoms with E-state index in [0.29, 0.717) is 10.6 Å². The van der Waals surface area contributed by atoms with E-state index >= 15 is 0 Å². The zero-order valence-corrected chi connectivity index (χ0v) is 14.4. The third-order valence-corrected chi connectivity index (χ3v) is 5.04. The fourth-order valence-corrected chi connectivity index (χ4v) is 3.46. The van der Waals surface area contributed by atoms with Crippen molar-refractivity contribution in [3.8, 4) is 0 Å². The lowest BCUT2D eigenvalue weighted by Gasteiger charge is -2.20. The summed E-state index contributed by atoms with van der Waals surface area (Å²) in [5.41, 5.74) is 0.642. The molecule has 1 fully saturated rings. The Morgan fingerprint density at radius 2 is 2.04 bits per heavy atom. The molecule has 7 nitrogen and oxygen atoms in total. The highest BCUT2D eigenvalue weighted by atomic mass is 35.5. The standard InChI is InChI=1S/C15H17ClN2O5S/c1-10(15(20)21)18-8-6-13(14(18)19)17-24(22,23)9-7-11-2-4-12(16)5-3-11/h2-5,7,9-10,13,17H,6,8H2,1H3,(H,20,21)/t10-,13-/m0/s1. The van der Waals surface area contributed by atoms with Gasteiger partial charge in [0.15, 0.2) is 0 Å². The van der Waals surface area contributed by atoms with E-state index in [1.807, 2.05) is 0 Å². The Morgan fingerprint density at radius 3 is 2.62 bits per heavy atom. The number of nitrogens with one attached hydrogen (secondary N) is 1. The average Bonchev–Trinajstić information content (AvgIpc) is 2.86. The summed E-state index contributed by atoms with van der Waals surface area (Å²) in [6.45, 7) is 1.58. The zero-order valence-electron chi connectivity index (χ0n) is 12.8. The fraction of sp³-hybridized carbons (Fsp3) is 0.333. The van der Waals surface area contributed by atoms with Crippen molar-refractivity contribution in [3.63, 3.8) is 0 Å². The first-order valence-corrected chi connectivity index (χ1v) is 9.11. The minimum atomic E-state index is -3.83. The Kier molecular flexibility index (Phi) is 5.63. The molecule has 2 atom stereocenters. The van der Waals surface area contributed by atoms with E-state index in [1.165, 1.54) is 13.0 Å². The van der Waals surface area contributed by atoms with Crippen LogP contribution in [-0.2, 0) is 19.6 Å². The molecule has 130 valence electrons. The SMILES string of the molecule is C[C@@H](C(=O)O)N1CC[C@H](NS(=O)(=O)C=Cc2ccc(Cl)cc2)C1=O. The molecule has 0 saturated carbocycles. The number of sulfonamides is 1. The van der Waals surface area contributed by atoms with Gasteiger partial charge in [0.1, 0.15) is 12.1 Å². The van der Waals surface area contributed by atoms with E-state index < -0.39 is 34.0 Å². The zero-order chi connectivity index (χ0) is 17.9. The quantitative estimate of drug-likeness (QED) is 0.783. The number of carbonyl (C=O) groups is 2. The number of aliphatic carboxylic acids is 1. The van der Waals surface area contributed by atoms with Crippen LogP contribution in [0.25, 0.3) is 6.08 Å². The van der Waals surface area contributed by atoms with Crippen LogP contribution >= 0.6 is 11.6 Å². The van der Waals surface area contributed by atoms with Gasteiger partial charge in [-0.2, -0.15) is 4.72 Å². The van der Waals surface area contributed by atoms with Gasteiger partial charge in [0, 0.05) is 17.0 Å². The second-order valence-corrected chi connectivity index (χ2v) is 7.44. The number of benzene rings is 1. The van der Waals surface area contributed by atoms with Gasteiger partial charge >= 0.3 is 5.97 Å². The molecule has 1 aromatic carbocycles. The minimum absolute atomic E-state index is 0.195. The van der Waals surface area contributed by atoms with Gasteiger partial charge in [0.2, 0.25) is 15.9 Å². The maximum absolute atomic E-state index is 12.1. The van der Waals surface area contributed by atoms with Crippen LogP contribution in [0.3, 0.4) is 0 Å². The van der Waals surface area contributed by atoms with Gasteiger partial charge in [-0.15, -0.1) is 0 Å². The Balaban J connectivity index is 2.03. The largest absolute Gasteiger partial charge is 0.480 e. The molecule has 1 saturated heterocycles. The number of carbonyl (C=O) groups excluding carboxylic acids is 1. The van der Waals surface area contributed by atoms with Gasteiger partial charge < -0.3 is 10.0 Å². The Morgan fingerprint density at radius 1 is 1.42 bits per heavy atom. The topological polar surface area (TPSA) is 104 Å². The average molecular weight is 373 g/mol. The number of amides is 1. The molecule has 0 radical (unpaired) electrons. The van der Waals surface area contributed by atoms with Crippen LogP contribution in [0.4, 0.5) is 0 Å². The lowest BCUT2D eigenvalue weighted by atomic mass is 10.2. The van der Waals surface area contributed by atoms with Crippen molar-refractivity contribution >= 4 is 39.6 Å². The number of carboxylic acid groups (broad SMARTS) is 1. The first-order valence-electron chi connectivity index (χ1n) is 7.19. The smallest absolute Gasteiger partial charge is 0.326 e. The summed E-state index contributed by atoms with van der Waals surface area (Å²) in [5.74, 6) is -1.66. The predicted molar refractivity (Wildman–Crippen MR) is 89.8 cm³/mol. The van der Waals surface area contributed by atoms with Crippen molar-refractivity contribution in [2.75, 3.05) is 6.54 Å². The van der Waals surface area contributed by atoms with Crippen molar-refractivity contribution in [1.82, 2.24) is 9.62 Å². The fourth-order valence-electron chi connectivity index (χ4n) is 2.31. The van der Waals surface area contributed by atoms with Crippen LogP contribution < -0.4 is 4.72 Å². The number of hydrogen-bond acceptors (Lipinski definition) is 4. The summed E-state index contributed by atoms with van der Waals surface area (Å²) >= 11 is 5.75. The second kappa shape index (κ2) is 7.33. The number of nitrogens with zero attached hydrogens (tertiary/aromatic N) is 1. The molecule has 1 aliphatic rings. The van der Waals surface area contributed by atoms with Crippen LogP contribution in [0.5, 0.6) is 0 Å². The van der Waals surface area contributed by atoms with E-state index in [-0.39, 0.29) is 13.0 Å². The Hall–Kier alpha value is -1.90. The Labute approximate surface area is 145 Å². The van der Waals surface area contributed by atoms with E-state index in [4.69, 9.17) is 16.7 Å². The summed E-state index contributed by atoms with van der Waals surface area (Å²) < 4.78 is 26.4.